The lowest BCUT2D eigenvalue weighted by atomic mass is 10.2. The number of hydroxylamine groups is 1. The van der Waals surface area contributed by atoms with Gasteiger partial charge in [-0.3, -0.25) is 15.0 Å². The van der Waals surface area contributed by atoms with Crippen LogP contribution in [-0.2, 0) is 13.2 Å². The number of halogens is 3. The monoisotopic (exact) mass is 365 g/mol. The highest BCUT2D eigenvalue weighted by molar-refractivity contribution is 5.95. The van der Waals surface area contributed by atoms with Gasteiger partial charge in [-0.05, 0) is 25.1 Å². The maximum absolute atomic E-state index is 13.7. The van der Waals surface area contributed by atoms with Crippen LogP contribution in [-0.4, -0.2) is 20.7 Å². The average Bonchev–Trinajstić information content (AvgIpc) is 3.02. The average molecular weight is 365 g/mol. The van der Waals surface area contributed by atoms with Crippen LogP contribution in [0.5, 0.6) is 5.75 Å². The number of rotatable bonds is 5. The SMILES string of the molecule is CCn1cc(COc2ccc(F)c(F)c2F)c2cnc(C(=O)NO)cc21. The molecule has 2 N–H and O–H groups in total. The van der Waals surface area contributed by atoms with E-state index in [1.807, 2.05) is 11.5 Å². The molecule has 0 unspecified atom stereocenters. The first kappa shape index (κ1) is 17.7. The number of carbonyl (C=O) groups excluding carboxylic acids is 1. The van der Waals surface area contributed by atoms with Crippen molar-refractivity contribution >= 4 is 16.8 Å². The normalized spacial score (nSPS) is 11.0. The minimum absolute atomic E-state index is 0.0203. The molecule has 26 heavy (non-hydrogen) atoms. The van der Waals surface area contributed by atoms with Crippen molar-refractivity contribution in [2.24, 2.45) is 0 Å². The molecular formula is C17H14F3N3O3. The van der Waals surface area contributed by atoms with E-state index in [2.05, 4.69) is 4.98 Å². The Balaban J connectivity index is 1.93. The number of hydrogen-bond donors (Lipinski definition) is 2. The fourth-order valence-corrected chi connectivity index (χ4v) is 2.59. The molecule has 2 heterocycles. The molecule has 3 rings (SSSR count). The number of nitrogens with one attached hydrogen (secondary N) is 1. The molecule has 0 saturated heterocycles. The van der Waals surface area contributed by atoms with E-state index in [0.717, 1.165) is 12.1 Å². The highest BCUT2D eigenvalue weighted by Gasteiger charge is 2.17. The molecule has 3 aromatic rings. The lowest BCUT2D eigenvalue weighted by molar-refractivity contribution is 0.0701. The first-order valence-electron chi connectivity index (χ1n) is 7.64. The zero-order valence-corrected chi connectivity index (χ0v) is 13.6. The zero-order valence-electron chi connectivity index (χ0n) is 13.6. The van der Waals surface area contributed by atoms with Gasteiger partial charge in [0.05, 0.1) is 5.52 Å². The Morgan fingerprint density at radius 2 is 2.08 bits per heavy atom. The summed E-state index contributed by atoms with van der Waals surface area (Å²) < 4.78 is 47.1. The van der Waals surface area contributed by atoms with Gasteiger partial charge >= 0.3 is 0 Å². The van der Waals surface area contributed by atoms with Gasteiger partial charge in [0, 0.05) is 29.9 Å². The number of carbonyl (C=O) groups is 1. The van der Waals surface area contributed by atoms with Gasteiger partial charge in [-0.15, -0.1) is 0 Å². The van der Waals surface area contributed by atoms with E-state index in [1.165, 1.54) is 17.7 Å². The second-order valence-electron chi connectivity index (χ2n) is 5.43. The van der Waals surface area contributed by atoms with Crippen LogP contribution in [0.2, 0.25) is 0 Å². The summed E-state index contributed by atoms with van der Waals surface area (Å²) in [4.78, 5) is 15.5. The number of pyridine rings is 1. The fourth-order valence-electron chi connectivity index (χ4n) is 2.59. The molecule has 0 aliphatic rings. The molecule has 0 aliphatic heterocycles. The van der Waals surface area contributed by atoms with Crippen LogP contribution < -0.4 is 10.2 Å². The number of nitrogens with zero attached hydrogens (tertiary/aromatic N) is 2. The van der Waals surface area contributed by atoms with E-state index in [4.69, 9.17) is 9.94 Å². The number of amides is 1. The molecule has 1 amide bonds. The van der Waals surface area contributed by atoms with Crippen molar-refractivity contribution in [3.8, 4) is 5.75 Å². The molecule has 1 aromatic carbocycles. The summed E-state index contributed by atoms with van der Waals surface area (Å²) in [6.45, 7) is 2.34. The van der Waals surface area contributed by atoms with Crippen molar-refractivity contribution in [1.29, 1.82) is 0 Å². The van der Waals surface area contributed by atoms with Gasteiger partial charge in [0.25, 0.3) is 5.91 Å². The van der Waals surface area contributed by atoms with E-state index in [1.54, 1.807) is 6.20 Å². The van der Waals surface area contributed by atoms with E-state index in [0.29, 0.717) is 23.0 Å². The first-order valence-corrected chi connectivity index (χ1v) is 7.64. The van der Waals surface area contributed by atoms with Gasteiger partial charge in [0.2, 0.25) is 5.82 Å². The molecule has 0 atom stereocenters. The van der Waals surface area contributed by atoms with Crippen LogP contribution in [0.4, 0.5) is 13.2 Å². The molecule has 136 valence electrons. The summed E-state index contributed by atoms with van der Waals surface area (Å²) in [5.74, 6) is -5.46. The Kier molecular flexibility index (Phi) is 4.81. The van der Waals surface area contributed by atoms with Crippen molar-refractivity contribution in [1.82, 2.24) is 15.0 Å². The van der Waals surface area contributed by atoms with Crippen molar-refractivity contribution < 1.29 is 27.9 Å². The number of aromatic nitrogens is 2. The molecule has 0 radical (unpaired) electrons. The standard InChI is InChI=1S/C17H14F3N3O3/c1-2-23-7-9(8-26-14-4-3-11(18)15(19)16(14)20)10-6-21-12(5-13(10)23)17(24)22-25/h3-7,25H,2,8H2,1H3,(H,22,24). The predicted octanol–water partition coefficient (Wildman–Crippen LogP) is 3.17. The molecule has 0 bridgehead atoms. The molecule has 9 heteroatoms. The third kappa shape index (κ3) is 3.08. The summed E-state index contributed by atoms with van der Waals surface area (Å²) in [6.07, 6.45) is 3.15. The van der Waals surface area contributed by atoms with E-state index in [9.17, 15) is 18.0 Å². The van der Waals surface area contributed by atoms with Crippen LogP contribution >= 0.6 is 0 Å². The summed E-state index contributed by atoms with van der Waals surface area (Å²) in [6, 6.07) is 3.28. The molecule has 0 spiro atoms. The predicted molar refractivity (Wildman–Crippen MR) is 85.3 cm³/mol. The van der Waals surface area contributed by atoms with Gasteiger partial charge in [-0.1, -0.05) is 0 Å². The van der Waals surface area contributed by atoms with Crippen LogP contribution in [0.15, 0.2) is 30.6 Å². The van der Waals surface area contributed by atoms with Crippen molar-refractivity contribution in [3.63, 3.8) is 0 Å². The quantitative estimate of drug-likeness (QED) is 0.414. The largest absolute Gasteiger partial charge is 0.486 e. The Labute approximate surface area is 145 Å². The number of benzene rings is 1. The third-order valence-electron chi connectivity index (χ3n) is 3.91. The molecule has 0 aliphatic carbocycles. The van der Waals surface area contributed by atoms with Crippen LogP contribution in [0.25, 0.3) is 10.9 Å². The summed E-state index contributed by atoms with van der Waals surface area (Å²) in [5.41, 5.74) is 2.81. The number of ether oxygens (including phenoxy) is 1. The summed E-state index contributed by atoms with van der Waals surface area (Å²) >= 11 is 0. The Morgan fingerprint density at radius 1 is 1.31 bits per heavy atom. The van der Waals surface area contributed by atoms with Gasteiger partial charge < -0.3 is 9.30 Å². The zero-order chi connectivity index (χ0) is 18.8. The maximum Gasteiger partial charge on any atom is 0.293 e. The van der Waals surface area contributed by atoms with E-state index >= 15 is 0 Å². The third-order valence-corrected chi connectivity index (χ3v) is 3.91. The minimum Gasteiger partial charge on any atom is -0.486 e. The van der Waals surface area contributed by atoms with Gasteiger partial charge in [-0.25, -0.2) is 14.3 Å². The second-order valence-corrected chi connectivity index (χ2v) is 5.43. The lowest BCUT2D eigenvalue weighted by Crippen LogP contribution is -2.19. The second kappa shape index (κ2) is 7.04. The highest BCUT2D eigenvalue weighted by Crippen LogP contribution is 2.26. The van der Waals surface area contributed by atoms with Crippen LogP contribution in [0, 0.1) is 17.5 Å². The lowest BCUT2D eigenvalue weighted by Gasteiger charge is -2.07. The first-order chi connectivity index (χ1) is 12.5. The maximum atomic E-state index is 13.7. The molecule has 6 nitrogen and oxygen atoms in total. The molecular weight excluding hydrogens is 351 g/mol. The van der Waals surface area contributed by atoms with Gasteiger partial charge in [-0.2, -0.15) is 4.39 Å². The van der Waals surface area contributed by atoms with Crippen LogP contribution in [0.3, 0.4) is 0 Å². The van der Waals surface area contributed by atoms with Gasteiger partial charge in [0.15, 0.2) is 17.4 Å². The number of aryl methyl sites for hydroxylation is 1. The number of hydrogen-bond acceptors (Lipinski definition) is 4. The molecule has 2 aromatic heterocycles. The number of fused-ring (bicyclic) bond motifs is 1. The van der Waals surface area contributed by atoms with E-state index in [-0.39, 0.29) is 12.3 Å². The van der Waals surface area contributed by atoms with Crippen molar-refractivity contribution in [3.05, 3.63) is 59.3 Å². The fraction of sp³-hybridized carbons (Fsp3) is 0.176. The minimum atomic E-state index is -1.60. The smallest absolute Gasteiger partial charge is 0.293 e. The van der Waals surface area contributed by atoms with Crippen LogP contribution in [0.1, 0.15) is 23.0 Å². The topological polar surface area (TPSA) is 76.4 Å². The van der Waals surface area contributed by atoms with Crippen molar-refractivity contribution in [2.75, 3.05) is 0 Å². The van der Waals surface area contributed by atoms with Crippen molar-refractivity contribution in [2.45, 2.75) is 20.1 Å². The summed E-state index contributed by atoms with van der Waals surface area (Å²) in [7, 11) is 0. The molecule has 0 saturated carbocycles. The highest BCUT2D eigenvalue weighted by atomic mass is 19.2. The molecule has 0 fully saturated rings. The Bertz CT molecular complexity index is 988. The Morgan fingerprint density at radius 3 is 2.77 bits per heavy atom. The van der Waals surface area contributed by atoms with Gasteiger partial charge in [0.1, 0.15) is 12.3 Å². The van der Waals surface area contributed by atoms with E-state index < -0.39 is 29.1 Å². The Hall–Kier alpha value is -3.07. The summed E-state index contributed by atoms with van der Waals surface area (Å²) in [5, 5.41) is 9.35.